The van der Waals surface area contributed by atoms with Crippen LogP contribution < -0.4 is 10.9 Å². The number of aryl methyl sites for hydroxylation is 1. The zero-order chi connectivity index (χ0) is 19.7. The first kappa shape index (κ1) is 18.3. The minimum atomic E-state index is -1.19. The van der Waals surface area contributed by atoms with Crippen LogP contribution in [-0.2, 0) is 11.3 Å². The van der Waals surface area contributed by atoms with Crippen LogP contribution in [0.15, 0.2) is 35.4 Å². The molecule has 0 fully saturated rings. The third-order valence-electron chi connectivity index (χ3n) is 3.86. The molecule has 3 rings (SSSR count). The van der Waals surface area contributed by atoms with E-state index in [2.05, 4.69) is 10.3 Å². The fraction of sp³-hybridized carbons (Fsp3) is 0.118. The van der Waals surface area contributed by atoms with E-state index in [4.69, 9.17) is 10.2 Å². The molecule has 2 heterocycles. The summed E-state index contributed by atoms with van der Waals surface area (Å²) in [4.78, 5) is 51.6. The number of aromatic nitrogens is 2. The van der Waals surface area contributed by atoms with E-state index in [1.165, 1.54) is 25.1 Å². The summed E-state index contributed by atoms with van der Waals surface area (Å²) in [6.45, 7) is 1.12. The van der Waals surface area contributed by atoms with Crippen molar-refractivity contribution in [3.05, 3.63) is 57.0 Å². The molecule has 1 amide bonds. The quantitative estimate of drug-likeness (QED) is 0.607. The average molecular weight is 387 g/mol. The first-order chi connectivity index (χ1) is 12.8. The van der Waals surface area contributed by atoms with E-state index < -0.39 is 29.9 Å². The number of nitrogens with one attached hydrogen (secondary N) is 1. The van der Waals surface area contributed by atoms with Gasteiger partial charge in [-0.1, -0.05) is 12.1 Å². The highest BCUT2D eigenvalue weighted by Gasteiger charge is 2.19. The minimum Gasteiger partial charge on any atom is -0.478 e. The molecule has 0 aliphatic carbocycles. The number of carbonyl (C=O) groups is 3. The summed E-state index contributed by atoms with van der Waals surface area (Å²) in [5.41, 5.74) is -0.211. The number of benzene rings is 1. The molecule has 0 aliphatic rings. The van der Waals surface area contributed by atoms with Gasteiger partial charge in [-0.2, -0.15) is 0 Å². The molecule has 0 spiro atoms. The number of hydrogen-bond acceptors (Lipinski definition) is 6. The molecule has 0 bridgehead atoms. The Kier molecular flexibility index (Phi) is 4.74. The second-order valence-corrected chi connectivity index (χ2v) is 6.62. The second-order valence-electron chi connectivity index (χ2n) is 5.62. The van der Waals surface area contributed by atoms with E-state index in [1.54, 1.807) is 6.07 Å². The Morgan fingerprint density at radius 1 is 1.19 bits per heavy atom. The van der Waals surface area contributed by atoms with Crippen molar-refractivity contribution in [3.63, 3.8) is 0 Å². The molecule has 138 valence electrons. The van der Waals surface area contributed by atoms with Crippen molar-refractivity contribution in [2.75, 3.05) is 5.32 Å². The molecule has 0 saturated heterocycles. The highest BCUT2D eigenvalue weighted by Crippen LogP contribution is 2.26. The Morgan fingerprint density at radius 2 is 1.89 bits per heavy atom. The fourth-order valence-electron chi connectivity index (χ4n) is 2.60. The zero-order valence-electron chi connectivity index (χ0n) is 13.9. The van der Waals surface area contributed by atoms with Crippen LogP contribution >= 0.6 is 11.3 Å². The molecule has 27 heavy (non-hydrogen) atoms. The molecule has 0 unspecified atom stereocenters. The topological polar surface area (TPSA) is 139 Å². The summed E-state index contributed by atoms with van der Waals surface area (Å²) in [5.74, 6) is -2.95. The Labute approximate surface area is 155 Å². The zero-order valence-corrected chi connectivity index (χ0v) is 14.7. The van der Waals surface area contributed by atoms with Crippen LogP contribution in [0.25, 0.3) is 10.2 Å². The van der Waals surface area contributed by atoms with Gasteiger partial charge in [0, 0.05) is 0 Å². The highest BCUT2D eigenvalue weighted by atomic mass is 32.1. The summed E-state index contributed by atoms with van der Waals surface area (Å²) in [6, 6.07) is 5.89. The summed E-state index contributed by atoms with van der Waals surface area (Å²) < 4.78 is 1.05. The van der Waals surface area contributed by atoms with Crippen LogP contribution in [0.2, 0.25) is 0 Å². The van der Waals surface area contributed by atoms with Crippen LogP contribution in [0.1, 0.15) is 25.6 Å². The van der Waals surface area contributed by atoms with Crippen molar-refractivity contribution in [1.29, 1.82) is 0 Å². The van der Waals surface area contributed by atoms with Gasteiger partial charge in [0.2, 0.25) is 5.91 Å². The molecule has 10 heteroatoms. The van der Waals surface area contributed by atoms with Crippen LogP contribution in [0.5, 0.6) is 0 Å². The number of hydrogen-bond donors (Lipinski definition) is 3. The lowest BCUT2D eigenvalue weighted by Crippen LogP contribution is -2.28. The standard InChI is InChI=1S/C17H13N3O6S/c1-8-12-14(27-13(8)17(25)26)18-7-20(15(12)22)6-11(21)19-10-5-3-2-4-9(10)16(23)24/h2-5,7H,6H2,1H3,(H,19,21)(H,23,24)(H,25,26). The first-order valence-corrected chi connectivity index (χ1v) is 8.45. The van der Waals surface area contributed by atoms with Gasteiger partial charge < -0.3 is 15.5 Å². The number of carboxylic acids is 2. The van der Waals surface area contributed by atoms with Gasteiger partial charge in [-0.15, -0.1) is 11.3 Å². The number of nitrogens with zero attached hydrogens (tertiary/aromatic N) is 2. The van der Waals surface area contributed by atoms with Gasteiger partial charge in [-0.05, 0) is 24.6 Å². The van der Waals surface area contributed by atoms with Crippen LogP contribution in [0.4, 0.5) is 5.69 Å². The third kappa shape index (κ3) is 3.42. The van der Waals surface area contributed by atoms with Gasteiger partial charge in [-0.3, -0.25) is 14.2 Å². The molecule has 3 N–H and O–H groups in total. The summed E-state index contributed by atoms with van der Waals surface area (Å²) >= 11 is 0.892. The molecule has 9 nitrogen and oxygen atoms in total. The Bertz CT molecular complexity index is 1150. The monoisotopic (exact) mass is 387 g/mol. The summed E-state index contributed by atoms with van der Waals surface area (Å²) in [7, 11) is 0. The largest absolute Gasteiger partial charge is 0.478 e. The molecule has 2 aromatic heterocycles. The van der Waals surface area contributed by atoms with Gasteiger partial charge in [0.1, 0.15) is 16.3 Å². The van der Waals surface area contributed by atoms with E-state index in [-0.39, 0.29) is 26.3 Å². The first-order valence-electron chi connectivity index (χ1n) is 7.63. The lowest BCUT2D eigenvalue weighted by Gasteiger charge is -2.09. The van der Waals surface area contributed by atoms with E-state index in [1.807, 2.05) is 0 Å². The van der Waals surface area contributed by atoms with Crippen molar-refractivity contribution >= 4 is 45.1 Å². The number of anilines is 1. The molecular weight excluding hydrogens is 374 g/mol. The Morgan fingerprint density at radius 3 is 2.56 bits per heavy atom. The molecule has 0 saturated carbocycles. The molecule has 1 aromatic carbocycles. The van der Waals surface area contributed by atoms with E-state index in [0.29, 0.717) is 5.56 Å². The number of carboxylic acid groups (broad SMARTS) is 2. The normalized spacial score (nSPS) is 10.7. The van der Waals surface area contributed by atoms with Crippen molar-refractivity contribution < 1.29 is 24.6 Å². The lowest BCUT2D eigenvalue weighted by atomic mass is 10.2. The lowest BCUT2D eigenvalue weighted by molar-refractivity contribution is -0.116. The van der Waals surface area contributed by atoms with Crippen molar-refractivity contribution in [2.24, 2.45) is 0 Å². The van der Waals surface area contributed by atoms with E-state index >= 15 is 0 Å². The average Bonchev–Trinajstić information content (AvgIpc) is 2.95. The number of thiophene rings is 1. The molecule has 0 atom stereocenters. The van der Waals surface area contributed by atoms with Gasteiger partial charge in [0.15, 0.2) is 0 Å². The number of aromatic carboxylic acids is 2. The minimum absolute atomic E-state index is 0.0205. The SMILES string of the molecule is Cc1c(C(=O)O)sc2ncn(CC(=O)Nc3ccccc3C(=O)O)c(=O)c12. The predicted molar refractivity (Wildman–Crippen MR) is 97.6 cm³/mol. The maximum atomic E-state index is 12.6. The van der Waals surface area contributed by atoms with Gasteiger partial charge in [-0.25, -0.2) is 14.6 Å². The fourth-order valence-corrected chi connectivity index (χ4v) is 3.58. The molecule has 0 aliphatic heterocycles. The number of fused-ring (bicyclic) bond motifs is 1. The van der Waals surface area contributed by atoms with Crippen LogP contribution in [0, 0.1) is 6.92 Å². The predicted octanol–water partition coefficient (Wildman–Crippen LogP) is 1.80. The molecule has 0 radical (unpaired) electrons. The highest BCUT2D eigenvalue weighted by molar-refractivity contribution is 7.20. The van der Waals surface area contributed by atoms with Crippen LogP contribution in [-0.4, -0.2) is 37.6 Å². The number of rotatable bonds is 5. The maximum absolute atomic E-state index is 12.6. The van der Waals surface area contributed by atoms with Crippen LogP contribution in [0.3, 0.4) is 0 Å². The van der Waals surface area contributed by atoms with Crippen molar-refractivity contribution in [3.8, 4) is 0 Å². The smallest absolute Gasteiger partial charge is 0.346 e. The maximum Gasteiger partial charge on any atom is 0.346 e. The van der Waals surface area contributed by atoms with E-state index in [9.17, 15) is 19.2 Å². The van der Waals surface area contributed by atoms with Gasteiger partial charge in [0.05, 0.1) is 23.0 Å². The van der Waals surface area contributed by atoms with Gasteiger partial charge in [0.25, 0.3) is 5.56 Å². The Balaban J connectivity index is 1.91. The summed E-state index contributed by atoms with van der Waals surface area (Å²) in [6.07, 6.45) is 1.16. The summed E-state index contributed by atoms with van der Waals surface area (Å²) in [5, 5.41) is 20.9. The van der Waals surface area contributed by atoms with E-state index in [0.717, 1.165) is 22.2 Å². The number of amides is 1. The second kappa shape index (κ2) is 7.00. The van der Waals surface area contributed by atoms with Crippen molar-refractivity contribution in [2.45, 2.75) is 13.5 Å². The number of carbonyl (C=O) groups excluding carboxylic acids is 1. The number of para-hydroxylation sites is 1. The Hall–Kier alpha value is -3.53. The third-order valence-corrected chi connectivity index (χ3v) is 5.04. The molecular formula is C17H13N3O6S. The molecule has 3 aromatic rings. The van der Waals surface area contributed by atoms with Crippen molar-refractivity contribution in [1.82, 2.24) is 9.55 Å². The van der Waals surface area contributed by atoms with Gasteiger partial charge >= 0.3 is 11.9 Å².